The van der Waals surface area contributed by atoms with Gasteiger partial charge in [0.05, 0.1) is 11.8 Å². The Kier molecular flexibility index (Phi) is 7.05. The lowest BCUT2D eigenvalue weighted by Crippen LogP contribution is -2.28. The molecule has 0 aliphatic rings. The third-order valence-corrected chi connectivity index (χ3v) is 4.77. The molecule has 0 bridgehead atoms. The Morgan fingerprint density at radius 2 is 2.08 bits per heavy atom. The minimum absolute atomic E-state index is 0.0790. The number of aromatic nitrogens is 2. The van der Waals surface area contributed by atoms with Crippen LogP contribution >= 0.6 is 27.7 Å². The van der Waals surface area contributed by atoms with E-state index < -0.39 is 0 Å². The van der Waals surface area contributed by atoms with Crippen molar-refractivity contribution in [1.29, 1.82) is 0 Å². The molecule has 1 atom stereocenters. The molecular formula is C17H20BrN3O2S. The highest BCUT2D eigenvalue weighted by atomic mass is 79.9. The number of rotatable bonds is 7. The van der Waals surface area contributed by atoms with Crippen molar-refractivity contribution in [2.45, 2.75) is 37.9 Å². The first-order chi connectivity index (χ1) is 11.5. The Labute approximate surface area is 153 Å². The fourth-order valence-electron chi connectivity index (χ4n) is 2.19. The number of carbonyl (C=O) groups is 1. The smallest absolute Gasteiger partial charge is 0.251 e. The fraction of sp³-hybridized carbons (Fsp3) is 0.353. The van der Waals surface area contributed by atoms with Gasteiger partial charge in [-0.2, -0.15) is 0 Å². The number of hydrogen-bond donors (Lipinski definition) is 2. The summed E-state index contributed by atoms with van der Waals surface area (Å²) in [4.78, 5) is 30.7. The highest BCUT2D eigenvalue weighted by Gasteiger charge is 2.11. The summed E-state index contributed by atoms with van der Waals surface area (Å²) in [5.74, 6) is 0.110. The molecule has 0 fully saturated rings. The number of aromatic amines is 1. The number of nitrogens with zero attached hydrogens (tertiary/aromatic N) is 1. The number of aryl methyl sites for hydroxylation is 1. The van der Waals surface area contributed by atoms with Crippen molar-refractivity contribution in [3.63, 3.8) is 0 Å². The van der Waals surface area contributed by atoms with E-state index in [0.29, 0.717) is 5.16 Å². The van der Waals surface area contributed by atoms with E-state index in [1.807, 2.05) is 38.1 Å². The molecule has 0 saturated carbocycles. The van der Waals surface area contributed by atoms with Gasteiger partial charge in [-0.25, -0.2) is 4.98 Å². The average molecular weight is 410 g/mol. The van der Waals surface area contributed by atoms with Gasteiger partial charge in [0.15, 0.2) is 5.16 Å². The maximum Gasteiger partial charge on any atom is 0.251 e. The predicted octanol–water partition coefficient (Wildman–Crippen LogP) is 3.45. The SMILES string of the molecule is CCCc1cc(=O)[nH]c(SCC(=O)N[C@H](C)c2ccc(Br)cc2)n1. The van der Waals surface area contributed by atoms with Crippen LogP contribution in [0.15, 0.2) is 44.8 Å². The lowest BCUT2D eigenvalue weighted by molar-refractivity contribution is -0.119. The van der Waals surface area contributed by atoms with E-state index in [4.69, 9.17) is 0 Å². The molecule has 0 radical (unpaired) electrons. The van der Waals surface area contributed by atoms with E-state index in [1.165, 1.54) is 17.8 Å². The van der Waals surface area contributed by atoms with Gasteiger partial charge in [0, 0.05) is 16.2 Å². The van der Waals surface area contributed by atoms with Crippen molar-refractivity contribution in [2.75, 3.05) is 5.75 Å². The second-order valence-electron chi connectivity index (χ2n) is 5.42. The second kappa shape index (κ2) is 9.03. The van der Waals surface area contributed by atoms with Crippen LogP contribution < -0.4 is 10.9 Å². The fourth-order valence-corrected chi connectivity index (χ4v) is 3.16. The van der Waals surface area contributed by atoms with Crippen molar-refractivity contribution in [1.82, 2.24) is 15.3 Å². The highest BCUT2D eigenvalue weighted by Crippen LogP contribution is 2.17. The van der Waals surface area contributed by atoms with Gasteiger partial charge in [-0.3, -0.25) is 9.59 Å². The highest BCUT2D eigenvalue weighted by molar-refractivity contribution is 9.10. The van der Waals surface area contributed by atoms with E-state index in [9.17, 15) is 9.59 Å². The van der Waals surface area contributed by atoms with Crippen LogP contribution in [-0.4, -0.2) is 21.6 Å². The van der Waals surface area contributed by atoms with Crippen LogP contribution in [0.5, 0.6) is 0 Å². The number of thioether (sulfide) groups is 1. The van der Waals surface area contributed by atoms with E-state index in [0.717, 1.165) is 28.6 Å². The summed E-state index contributed by atoms with van der Waals surface area (Å²) >= 11 is 4.63. The molecule has 0 aliphatic carbocycles. The summed E-state index contributed by atoms with van der Waals surface area (Å²) in [6, 6.07) is 9.25. The zero-order valence-electron chi connectivity index (χ0n) is 13.6. The van der Waals surface area contributed by atoms with Gasteiger partial charge in [0.25, 0.3) is 5.56 Å². The van der Waals surface area contributed by atoms with Gasteiger partial charge in [-0.15, -0.1) is 0 Å². The summed E-state index contributed by atoms with van der Waals surface area (Å²) in [6.07, 6.45) is 1.68. The number of carbonyl (C=O) groups excluding carboxylic acids is 1. The Balaban J connectivity index is 1.91. The first-order valence-corrected chi connectivity index (χ1v) is 9.53. The second-order valence-corrected chi connectivity index (χ2v) is 7.30. The molecule has 1 amide bonds. The molecule has 1 aromatic heterocycles. The molecule has 128 valence electrons. The van der Waals surface area contributed by atoms with Gasteiger partial charge >= 0.3 is 0 Å². The van der Waals surface area contributed by atoms with Gasteiger partial charge in [-0.1, -0.05) is 53.2 Å². The Morgan fingerprint density at radius 1 is 1.38 bits per heavy atom. The Morgan fingerprint density at radius 3 is 2.75 bits per heavy atom. The topological polar surface area (TPSA) is 74.8 Å². The zero-order chi connectivity index (χ0) is 17.5. The summed E-state index contributed by atoms with van der Waals surface area (Å²) in [5, 5.41) is 3.43. The van der Waals surface area contributed by atoms with Crippen LogP contribution in [0, 0.1) is 0 Å². The van der Waals surface area contributed by atoms with Crippen LogP contribution in [0.4, 0.5) is 0 Å². The van der Waals surface area contributed by atoms with Crippen LogP contribution in [0.3, 0.4) is 0 Å². The monoisotopic (exact) mass is 409 g/mol. The standard InChI is InChI=1S/C17H20BrN3O2S/c1-3-4-14-9-15(22)21-17(20-14)24-10-16(23)19-11(2)12-5-7-13(18)8-6-12/h5-9,11H,3-4,10H2,1-2H3,(H,19,23)(H,20,21,22)/t11-/m1/s1. The quantitative estimate of drug-likeness (QED) is 0.542. The van der Waals surface area contributed by atoms with Crippen molar-refractivity contribution in [3.8, 4) is 0 Å². The van der Waals surface area contributed by atoms with E-state index in [1.54, 1.807) is 0 Å². The summed E-state index contributed by atoms with van der Waals surface area (Å²) in [6.45, 7) is 3.97. The lowest BCUT2D eigenvalue weighted by atomic mass is 10.1. The molecule has 2 aromatic rings. The Hall–Kier alpha value is -1.60. The van der Waals surface area contributed by atoms with Gasteiger partial charge in [0.1, 0.15) is 0 Å². The largest absolute Gasteiger partial charge is 0.349 e. The van der Waals surface area contributed by atoms with Crippen molar-refractivity contribution in [2.24, 2.45) is 0 Å². The van der Waals surface area contributed by atoms with E-state index >= 15 is 0 Å². The van der Waals surface area contributed by atoms with Crippen LogP contribution in [0.25, 0.3) is 0 Å². The van der Waals surface area contributed by atoms with Gasteiger partial charge < -0.3 is 10.3 Å². The predicted molar refractivity (Wildman–Crippen MR) is 100 cm³/mol. The first-order valence-electron chi connectivity index (χ1n) is 7.75. The molecule has 2 rings (SSSR count). The Bertz CT molecular complexity index is 746. The van der Waals surface area contributed by atoms with E-state index in [-0.39, 0.29) is 23.3 Å². The molecule has 1 heterocycles. The van der Waals surface area contributed by atoms with Gasteiger partial charge in [-0.05, 0) is 31.0 Å². The number of benzene rings is 1. The molecular weight excluding hydrogens is 390 g/mol. The van der Waals surface area contributed by atoms with E-state index in [2.05, 4.69) is 31.2 Å². The average Bonchev–Trinajstić information content (AvgIpc) is 2.53. The number of halogens is 1. The molecule has 1 aromatic carbocycles. The molecule has 2 N–H and O–H groups in total. The summed E-state index contributed by atoms with van der Waals surface area (Å²) < 4.78 is 1.00. The lowest BCUT2D eigenvalue weighted by Gasteiger charge is -2.14. The number of nitrogens with one attached hydrogen (secondary N) is 2. The molecule has 0 aliphatic heterocycles. The normalized spacial score (nSPS) is 12.0. The zero-order valence-corrected chi connectivity index (χ0v) is 16.0. The van der Waals surface area contributed by atoms with Crippen LogP contribution in [0.2, 0.25) is 0 Å². The molecule has 0 saturated heterocycles. The maximum atomic E-state index is 12.1. The third kappa shape index (κ3) is 5.79. The first kappa shape index (κ1) is 18.7. The minimum Gasteiger partial charge on any atom is -0.349 e. The molecule has 24 heavy (non-hydrogen) atoms. The maximum absolute atomic E-state index is 12.1. The third-order valence-electron chi connectivity index (χ3n) is 3.37. The summed E-state index contributed by atoms with van der Waals surface area (Å²) in [7, 11) is 0. The molecule has 7 heteroatoms. The molecule has 0 spiro atoms. The number of amides is 1. The van der Waals surface area contributed by atoms with Crippen molar-refractivity contribution >= 4 is 33.6 Å². The minimum atomic E-state index is -0.181. The summed E-state index contributed by atoms with van der Waals surface area (Å²) in [5.41, 5.74) is 1.61. The molecule has 0 unspecified atom stereocenters. The van der Waals surface area contributed by atoms with Crippen molar-refractivity contribution < 1.29 is 4.79 Å². The van der Waals surface area contributed by atoms with Crippen molar-refractivity contribution in [3.05, 3.63) is 56.4 Å². The molecule has 5 nitrogen and oxygen atoms in total. The number of H-pyrrole nitrogens is 1. The number of hydrogen-bond acceptors (Lipinski definition) is 4. The van der Waals surface area contributed by atoms with Gasteiger partial charge in [0.2, 0.25) is 5.91 Å². The van der Waals surface area contributed by atoms with Crippen LogP contribution in [-0.2, 0) is 11.2 Å². The van der Waals surface area contributed by atoms with Crippen LogP contribution in [0.1, 0.15) is 37.6 Å².